The minimum absolute atomic E-state index is 0. The largest absolute Gasteiger partial charge is 0.483 e. The lowest BCUT2D eigenvalue weighted by Gasteiger charge is -2.27. The molecule has 0 bridgehead atoms. The zero-order valence-electron chi connectivity index (χ0n) is 23.6. The second-order valence-corrected chi connectivity index (χ2v) is 10.1. The molecule has 1 atom stereocenters. The summed E-state index contributed by atoms with van der Waals surface area (Å²) in [6.07, 6.45) is 1.55. The number of nitrogens with zero attached hydrogens (tertiary/aromatic N) is 5. The first-order valence-electron chi connectivity index (χ1n) is 13.5. The molecule has 0 radical (unpaired) electrons. The number of carboxylic acid groups (broad SMARTS) is 1. The van der Waals surface area contributed by atoms with Crippen LogP contribution < -0.4 is 9.47 Å². The molecular formula is C31H23F4N5O5S. The highest BCUT2D eigenvalue weighted by Crippen LogP contribution is 2.30. The Hall–Kier alpha value is -5.20. The number of imidazole rings is 1. The fourth-order valence-corrected chi connectivity index (χ4v) is 4.73. The predicted octanol–water partition coefficient (Wildman–Crippen LogP) is 5.82. The molecular weight excluding hydrogens is 630 g/mol. The quantitative estimate of drug-likeness (QED) is 0.185. The third-order valence-electron chi connectivity index (χ3n) is 7.07. The minimum Gasteiger partial charge on any atom is -0.483 e. The van der Waals surface area contributed by atoms with E-state index in [0.717, 1.165) is 30.7 Å². The number of halogens is 4. The number of rotatable bonds is 10. The molecule has 10 nitrogen and oxygen atoms in total. The molecule has 0 amide bonds. The molecule has 1 fully saturated rings. The molecule has 236 valence electrons. The third kappa shape index (κ3) is 6.72. The molecule has 3 aromatic carbocycles. The van der Waals surface area contributed by atoms with Crippen LogP contribution in [0.15, 0.2) is 54.7 Å². The van der Waals surface area contributed by atoms with Crippen molar-refractivity contribution in [1.29, 1.82) is 5.26 Å². The van der Waals surface area contributed by atoms with Gasteiger partial charge in [0.25, 0.3) is 0 Å². The standard InChI is InChI=1S/C31H21F4N5O5.H2S/c32-20-12-26(45-29-3-5-37-27(38-29)15-44-25-2-1-16(13-36)7-21(25)33)22(34)8-17(20)11-28-39-30-23(35)9-18(31(41)42)10-24(30)40(28)14-19-4-6-43-19;/h1-3,5,7-10,12,19H,4,6,11,14-15H2,(H,41,42);1H2/t19-;/m0./s1. The Kier molecular flexibility index (Phi) is 9.40. The van der Waals surface area contributed by atoms with E-state index in [2.05, 4.69) is 15.0 Å². The summed E-state index contributed by atoms with van der Waals surface area (Å²) in [5.74, 6) is -5.20. The highest BCUT2D eigenvalue weighted by atomic mass is 32.1. The van der Waals surface area contributed by atoms with E-state index >= 15 is 8.78 Å². The maximum atomic E-state index is 15.3. The van der Waals surface area contributed by atoms with E-state index in [9.17, 15) is 18.7 Å². The van der Waals surface area contributed by atoms with Gasteiger partial charge in [0, 0.05) is 31.4 Å². The topological polar surface area (TPSA) is 132 Å². The molecule has 15 heteroatoms. The maximum Gasteiger partial charge on any atom is 0.335 e. The summed E-state index contributed by atoms with van der Waals surface area (Å²) >= 11 is 0. The smallest absolute Gasteiger partial charge is 0.335 e. The number of benzene rings is 3. The van der Waals surface area contributed by atoms with E-state index in [1.165, 1.54) is 30.5 Å². The number of hydrogen-bond acceptors (Lipinski definition) is 8. The van der Waals surface area contributed by atoms with Crippen LogP contribution in [0.2, 0.25) is 0 Å². The molecule has 0 unspecified atom stereocenters. The molecule has 2 aromatic heterocycles. The highest BCUT2D eigenvalue weighted by molar-refractivity contribution is 7.59. The first-order chi connectivity index (χ1) is 21.7. The van der Waals surface area contributed by atoms with Crippen LogP contribution in [-0.2, 0) is 24.3 Å². The lowest BCUT2D eigenvalue weighted by atomic mass is 10.1. The molecule has 3 heterocycles. The number of carboxylic acids is 1. The van der Waals surface area contributed by atoms with Gasteiger partial charge in [0.05, 0.1) is 35.4 Å². The summed E-state index contributed by atoms with van der Waals surface area (Å²) in [6.45, 7) is 0.480. The molecule has 6 rings (SSSR count). The molecule has 1 saturated heterocycles. The van der Waals surface area contributed by atoms with Gasteiger partial charge in [0.2, 0.25) is 5.88 Å². The van der Waals surface area contributed by atoms with Crippen LogP contribution in [-0.4, -0.2) is 43.3 Å². The molecule has 5 aromatic rings. The molecule has 1 aliphatic rings. The van der Waals surface area contributed by atoms with E-state index in [1.807, 2.05) is 6.07 Å². The maximum absolute atomic E-state index is 15.3. The normalized spacial score (nSPS) is 13.8. The van der Waals surface area contributed by atoms with Gasteiger partial charge in [-0.3, -0.25) is 0 Å². The van der Waals surface area contributed by atoms with E-state index in [-0.39, 0.29) is 90.2 Å². The summed E-state index contributed by atoms with van der Waals surface area (Å²) < 4.78 is 77.3. The van der Waals surface area contributed by atoms with Crippen LogP contribution in [0.4, 0.5) is 17.6 Å². The molecule has 1 N–H and O–H groups in total. The van der Waals surface area contributed by atoms with Gasteiger partial charge in [-0.05, 0) is 48.4 Å². The monoisotopic (exact) mass is 653 g/mol. The van der Waals surface area contributed by atoms with Crippen molar-refractivity contribution >= 4 is 30.5 Å². The van der Waals surface area contributed by atoms with Crippen molar-refractivity contribution in [2.45, 2.75) is 32.1 Å². The lowest BCUT2D eigenvalue weighted by molar-refractivity contribution is -0.0589. The average Bonchev–Trinajstić information content (AvgIpc) is 3.34. The van der Waals surface area contributed by atoms with E-state index in [0.29, 0.717) is 6.61 Å². The Bertz CT molecular complexity index is 2000. The van der Waals surface area contributed by atoms with Gasteiger partial charge in [0.1, 0.15) is 23.8 Å². The van der Waals surface area contributed by atoms with Crippen molar-refractivity contribution in [3.8, 4) is 23.4 Å². The van der Waals surface area contributed by atoms with E-state index < -0.39 is 35.0 Å². The summed E-state index contributed by atoms with van der Waals surface area (Å²) in [5, 5.41) is 18.3. The molecule has 46 heavy (non-hydrogen) atoms. The fraction of sp³-hybridized carbons (Fsp3) is 0.194. The van der Waals surface area contributed by atoms with E-state index in [1.54, 1.807) is 4.57 Å². The number of aromatic nitrogens is 4. The predicted molar refractivity (Wildman–Crippen MR) is 158 cm³/mol. The summed E-state index contributed by atoms with van der Waals surface area (Å²) in [5.41, 5.74) is -0.158. The fourth-order valence-electron chi connectivity index (χ4n) is 4.73. The van der Waals surface area contributed by atoms with Crippen molar-refractivity contribution in [2.75, 3.05) is 6.61 Å². The number of fused-ring (bicyclic) bond motifs is 1. The van der Waals surface area contributed by atoms with Crippen molar-refractivity contribution < 1.29 is 41.7 Å². The van der Waals surface area contributed by atoms with Crippen molar-refractivity contribution in [3.63, 3.8) is 0 Å². The van der Waals surface area contributed by atoms with Gasteiger partial charge in [-0.1, -0.05) is 0 Å². The van der Waals surface area contributed by atoms with Gasteiger partial charge < -0.3 is 23.9 Å². The second kappa shape index (κ2) is 13.4. The van der Waals surface area contributed by atoms with Gasteiger partial charge in [-0.15, -0.1) is 0 Å². The number of carbonyl (C=O) groups is 1. The zero-order chi connectivity index (χ0) is 31.7. The Morgan fingerprint density at radius 1 is 1.02 bits per heavy atom. The summed E-state index contributed by atoms with van der Waals surface area (Å²) in [6, 6.07) is 10.7. The highest BCUT2D eigenvalue weighted by Gasteiger charge is 2.25. The number of ether oxygens (including phenoxy) is 3. The number of nitriles is 1. The Morgan fingerprint density at radius 3 is 2.50 bits per heavy atom. The average molecular weight is 654 g/mol. The molecule has 0 spiro atoms. The van der Waals surface area contributed by atoms with Gasteiger partial charge in [0.15, 0.2) is 34.8 Å². The van der Waals surface area contributed by atoms with Crippen LogP contribution in [0.25, 0.3) is 11.0 Å². The van der Waals surface area contributed by atoms with Crippen LogP contribution >= 0.6 is 13.5 Å². The van der Waals surface area contributed by atoms with Gasteiger partial charge in [-0.25, -0.2) is 32.3 Å². The third-order valence-corrected chi connectivity index (χ3v) is 7.07. The Morgan fingerprint density at radius 2 is 1.80 bits per heavy atom. The second-order valence-electron chi connectivity index (χ2n) is 10.1. The van der Waals surface area contributed by atoms with Gasteiger partial charge in [-0.2, -0.15) is 23.7 Å². The van der Waals surface area contributed by atoms with Crippen LogP contribution in [0.3, 0.4) is 0 Å². The summed E-state index contributed by atoms with van der Waals surface area (Å²) in [7, 11) is 0. The van der Waals surface area contributed by atoms with Crippen LogP contribution in [0.5, 0.6) is 17.4 Å². The Labute approximate surface area is 265 Å². The van der Waals surface area contributed by atoms with Crippen molar-refractivity contribution in [1.82, 2.24) is 19.5 Å². The minimum atomic E-state index is -1.32. The molecule has 1 aliphatic heterocycles. The molecule has 0 aliphatic carbocycles. The summed E-state index contributed by atoms with van der Waals surface area (Å²) in [4.78, 5) is 23.9. The Balaban J connectivity index is 0.00000417. The van der Waals surface area contributed by atoms with Crippen LogP contribution in [0, 0.1) is 34.6 Å². The first-order valence-corrected chi connectivity index (χ1v) is 13.5. The van der Waals surface area contributed by atoms with Gasteiger partial charge >= 0.3 is 5.97 Å². The van der Waals surface area contributed by atoms with Crippen LogP contribution in [0.1, 0.15) is 39.6 Å². The number of hydrogen-bond donors (Lipinski definition) is 1. The first kappa shape index (κ1) is 32.2. The van der Waals surface area contributed by atoms with E-state index in [4.69, 9.17) is 19.5 Å². The van der Waals surface area contributed by atoms with Crippen molar-refractivity contribution in [2.24, 2.45) is 0 Å². The zero-order valence-corrected chi connectivity index (χ0v) is 24.6. The van der Waals surface area contributed by atoms with Crippen molar-refractivity contribution in [3.05, 3.63) is 106 Å². The lowest BCUT2D eigenvalue weighted by Crippen LogP contribution is -2.31. The molecule has 0 saturated carbocycles. The number of aromatic carboxylic acids is 1. The SMILES string of the molecule is N#Cc1ccc(OCc2nccc(Oc3cc(F)c(Cc4nc5c(F)cc(C(=O)O)cc5n4C[C@@H]4CCO4)cc3F)n2)c(F)c1.S.